The predicted molar refractivity (Wildman–Crippen MR) is 54.0 cm³/mol. The van der Waals surface area contributed by atoms with E-state index in [0.717, 1.165) is 13.1 Å². The molecule has 1 atom stereocenters. The maximum Gasteiger partial charge on any atom is 0.140 e. The lowest BCUT2D eigenvalue weighted by atomic mass is 10.3. The van der Waals surface area contributed by atoms with E-state index in [1.165, 1.54) is 0 Å². The zero-order valence-electron chi connectivity index (χ0n) is 8.62. The molecule has 0 aromatic heterocycles. The van der Waals surface area contributed by atoms with Crippen molar-refractivity contribution in [2.75, 3.05) is 27.2 Å². The Balaban J connectivity index is 3.42. The number of nitrogens with one attached hydrogen (secondary N) is 1. The Morgan fingerprint density at radius 1 is 1.62 bits per heavy atom. The van der Waals surface area contributed by atoms with Gasteiger partial charge in [0.05, 0.1) is 0 Å². The van der Waals surface area contributed by atoms with Crippen LogP contribution in [0.25, 0.3) is 0 Å². The summed E-state index contributed by atoms with van der Waals surface area (Å²) < 4.78 is 0. The lowest BCUT2D eigenvalue weighted by molar-refractivity contribution is 0.316. The summed E-state index contributed by atoms with van der Waals surface area (Å²) in [5, 5.41) is 14.4. The largest absolute Gasteiger partial charge is 0.409 e. The van der Waals surface area contributed by atoms with Crippen molar-refractivity contribution in [2.24, 2.45) is 10.9 Å². The maximum absolute atomic E-state index is 8.27. The quantitative estimate of drug-likeness (QED) is 0.231. The van der Waals surface area contributed by atoms with Gasteiger partial charge >= 0.3 is 0 Å². The third-order valence-electron chi connectivity index (χ3n) is 1.64. The standard InChI is InChI=1S/C8H20N4O/c1-7(6-12(2)3)10-5-4-8(9)11-13/h7,10,13H,4-6H2,1-3H3,(H2,9,11). The lowest BCUT2D eigenvalue weighted by Gasteiger charge is -2.17. The van der Waals surface area contributed by atoms with E-state index in [4.69, 9.17) is 10.9 Å². The number of amidine groups is 1. The van der Waals surface area contributed by atoms with Gasteiger partial charge in [-0.25, -0.2) is 0 Å². The molecule has 78 valence electrons. The van der Waals surface area contributed by atoms with Crippen LogP contribution in [-0.2, 0) is 0 Å². The molecule has 0 aromatic carbocycles. The van der Waals surface area contributed by atoms with E-state index in [2.05, 4.69) is 22.3 Å². The first-order chi connectivity index (χ1) is 6.06. The van der Waals surface area contributed by atoms with Gasteiger partial charge in [0.25, 0.3) is 0 Å². The highest BCUT2D eigenvalue weighted by Crippen LogP contribution is 1.85. The molecule has 5 heteroatoms. The Morgan fingerprint density at radius 3 is 2.69 bits per heavy atom. The molecule has 0 amide bonds. The molecule has 4 N–H and O–H groups in total. The minimum Gasteiger partial charge on any atom is -0.409 e. The van der Waals surface area contributed by atoms with Gasteiger partial charge in [0.1, 0.15) is 5.84 Å². The molecule has 0 saturated heterocycles. The van der Waals surface area contributed by atoms with Crippen LogP contribution in [-0.4, -0.2) is 49.2 Å². The van der Waals surface area contributed by atoms with Gasteiger partial charge in [-0.05, 0) is 21.0 Å². The van der Waals surface area contributed by atoms with Crippen molar-refractivity contribution in [1.82, 2.24) is 10.2 Å². The number of rotatable bonds is 6. The van der Waals surface area contributed by atoms with Gasteiger partial charge in [0, 0.05) is 25.6 Å². The van der Waals surface area contributed by atoms with Gasteiger partial charge in [0.2, 0.25) is 0 Å². The molecule has 0 heterocycles. The number of hydrogen-bond acceptors (Lipinski definition) is 4. The normalized spacial score (nSPS) is 14.9. The summed E-state index contributed by atoms with van der Waals surface area (Å²) >= 11 is 0. The van der Waals surface area contributed by atoms with Gasteiger partial charge in [-0.1, -0.05) is 5.16 Å². The minimum atomic E-state index is 0.268. The molecule has 0 bridgehead atoms. The molecule has 0 aliphatic heterocycles. The SMILES string of the molecule is CC(CN(C)C)NCCC(N)=NO. The monoisotopic (exact) mass is 188 g/mol. The summed E-state index contributed by atoms with van der Waals surface area (Å²) in [6.07, 6.45) is 0.578. The van der Waals surface area contributed by atoms with E-state index < -0.39 is 0 Å². The van der Waals surface area contributed by atoms with Crippen LogP contribution in [0.15, 0.2) is 5.16 Å². The van der Waals surface area contributed by atoms with Crippen molar-refractivity contribution in [3.05, 3.63) is 0 Å². The van der Waals surface area contributed by atoms with Crippen molar-refractivity contribution in [1.29, 1.82) is 0 Å². The van der Waals surface area contributed by atoms with Crippen molar-refractivity contribution in [3.63, 3.8) is 0 Å². The first kappa shape index (κ1) is 12.2. The average molecular weight is 188 g/mol. The topological polar surface area (TPSA) is 73.9 Å². The third-order valence-corrected chi connectivity index (χ3v) is 1.64. The molecule has 0 rings (SSSR count). The number of likely N-dealkylation sites (N-methyl/N-ethyl adjacent to an activating group) is 1. The fourth-order valence-electron chi connectivity index (χ4n) is 1.11. The average Bonchev–Trinajstić information content (AvgIpc) is 2.02. The first-order valence-corrected chi connectivity index (χ1v) is 4.40. The van der Waals surface area contributed by atoms with E-state index in [1.54, 1.807) is 0 Å². The Morgan fingerprint density at radius 2 is 2.23 bits per heavy atom. The van der Waals surface area contributed by atoms with Gasteiger partial charge in [-0.15, -0.1) is 0 Å². The molecule has 0 aromatic rings. The van der Waals surface area contributed by atoms with E-state index >= 15 is 0 Å². The van der Waals surface area contributed by atoms with Gasteiger partial charge < -0.3 is 21.2 Å². The molecule has 0 saturated carbocycles. The highest BCUT2D eigenvalue weighted by atomic mass is 16.4. The molecule has 0 aliphatic carbocycles. The second-order valence-corrected chi connectivity index (χ2v) is 3.46. The highest BCUT2D eigenvalue weighted by Gasteiger charge is 2.02. The minimum absolute atomic E-state index is 0.268. The Bertz CT molecular complexity index is 158. The summed E-state index contributed by atoms with van der Waals surface area (Å²) in [6, 6.07) is 0.418. The molecule has 0 radical (unpaired) electrons. The molecule has 0 fully saturated rings. The highest BCUT2D eigenvalue weighted by molar-refractivity contribution is 5.79. The van der Waals surface area contributed by atoms with Crippen LogP contribution in [0.4, 0.5) is 0 Å². The Hall–Kier alpha value is -0.810. The second kappa shape index (κ2) is 6.68. The summed E-state index contributed by atoms with van der Waals surface area (Å²) in [5.74, 6) is 0.268. The maximum atomic E-state index is 8.27. The Kier molecular flexibility index (Phi) is 6.26. The summed E-state index contributed by atoms with van der Waals surface area (Å²) in [5.41, 5.74) is 5.31. The first-order valence-electron chi connectivity index (χ1n) is 4.40. The summed E-state index contributed by atoms with van der Waals surface area (Å²) in [4.78, 5) is 2.11. The van der Waals surface area contributed by atoms with Gasteiger partial charge in [-0.2, -0.15) is 0 Å². The number of oxime groups is 1. The number of nitrogens with zero attached hydrogens (tertiary/aromatic N) is 2. The van der Waals surface area contributed by atoms with E-state index in [1.807, 2.05) is 14.1 Å². The molecule has 5 nitrogen and oxygen atoms in total. The van der Waals surface area contributed by atoms with Crippen molar-refractivity contribution in [3.8, 4) is 0 Å². The van der Waals surface area contributed by atoms with Crippen LogP contribution in [0.2, 0.25) is 0 Å². The summed E-state index contributed by atoms with van der Waals surface area (Å²) in [6.45, 7) is 3.83. The van der Waals surface area contributed by atoms with E-state index in [0.29, 0.717) is 12.5 Å². The zero-order chi connectivity index (χ0) is 10.3. The Labute approximate surface area is 79.6 Å². The third kappa shape index (κ3) is 7.55. The summed E-state index contributed by atoms with van der Waals surface area (Å²) in [7, 11) is 4.06. The number of hydrogen-bond donors (Lipinski definition) is 3. The van der Waals surface area contributed by atoms with Crippen LogP contribution in [0.3, 0.4) is 0 Å². The fourth-order valence-corrected chi connectivity index (χ4v) is 1.11. The molecular weight excluding hydrogens is 168 g/mol. The van der Waals surface area contributed by atoms with Crippen molar-refractivity contribution >= 4 is 5.84 Å². The molecule has 0 aliphatic rings. The van der Waals surface area contributed by atoms with Crippen molar-refractivity contribution in [2.45, 2.75) is 19.4 Å². The van der Waals surface area contributed by atoms with E-state index in [9.17, 15) is 0 Å². The molecule has 1 unspecified atom stereocenters. The van der Waals surface area contributed by atoms with Crippen LogP contribution in [0, 0.1) is 0 Å². The van der Waals surface area contributed by atoms with Crippen LogP contribution in [0.1, 0.15) is 13.3 Å². The molecule has 13 heavy (non-hydrogen) atoms. The second-order valence-electron chi connectivity index (χ2n) is 3.46. The fraction of sp³-hybridized carbons (Fsp3) is 0.875. The van der Waals surface area contributed by atoms with Gasteiger partial charge in [-0.3, -0.25) is 0 Å². The van der Waals surface area contributed by atoms with Crippen LogP contribution in [0.5, 0.6) is 0 Å². The van der Waals surface area contributed by atoms with Crippen LogP contribution >= 0.6 is 0 Å². The van der Waals surface area contributed by atoms with Gasteiger partial charge in [0.15, 0.2) is 0 Å². The smallest absolute Gasteiger partial charge is 0.140 e. The predicted octanol–water partition coefficient (Wildman–Crippen LogP) is -0.337. The van der Waals surface area contributed by atoms with Crippen LogP contribution < -0.4 is 11.1 Å². The number of nitrogens with two attached hydrogens (primary N) is 1. The lowest BCUT2D eigenvalue weighted by Crippen LogP contribution is -2.37. The molecular formula is C8H20N4O. The van der Waals surface area contributed by atoms with E-state index in [-0.39, 0.29) is 5.84 Å². The molecule has 0 spiro atoms. The van der Waals surface area contributed by atoms with Crippen molar-refractivity contribution < 1.29 is 5.21 Å². The zero-order valence-corrected chi connectivity index (χ0v) is 8.62.